The van der Waals surface area contributed by atoms with Crippen LogP contribution in [0.15, 0.2) is 0 Å². The highest BCUT2D eigenvalue weighted by molar-refractivity contribution is 4.52. The van der Waals surface area contributed by atoms with E-state index in [1.165, 1.54) is 0 Å². The Morgan fingerprint density at radius 3 is 2.56 bits per heavy atom. The Morgan fingerprint density at radius 2 is 2.22 bits per heavy atom. The van der Waals surface area contributed by atoms with E-state index >= 15 is 0 Å². The Morgan fingerprint density at radius 1 is 1.56 bits per heavy atom. The van der Waals surface area contributed by atoms with Gasteiger partial charge in [0.2, 0.25) is 0 Å². The fourth-order valence-electron chi connectivity index (χ4n) is 0.699. The van der Waals surface area contributed by atoms with Crippen molar-refractivity contribution in [2.45, 2.75) is 25.9 Å². The molecule has 0 aromatic heterocycles. The van der Waals surface area contributed by atoms with E-state index in [0.717, 1.165) is 12.8 Å². The lowest BCUT2D eigenvalue weighted by Crippen LogP contribution is -2.20. The molecule has 0 aromatic rings. The van der Waals surface area contributed by atoms with Crippen molar-refractivity contribution in [3.8, 4) is 0 Å². The first-order valence-corrected chi connectivity index (χ1v) is 3.19. The second-order valence-electron chi connectivity index (χ2n) is 1.98. The molecular weight excluding hydrogens is 118 g/mol. The van der Waals surface area contributed by atoms with Gasteiger partial charge in [0, 0.05) is 7.11 Å². The summed E-state index contributed by atoms with van der Waals surface area (Å²) in [5.41, 5.74) is 0. The van der Waals surface area contributed by atoms with Gasteiger partial charge in [-0.05, 0) is 6.42 Å². The number of rotatable bonds is 5. The van der Waals surface area contributed by atoms with Gasteiger partial charge >= 0.3 is 0 Å². The Hall–Kier alpha value is -0.120. The summed E-state index contributed by atoms with van der Waals surface area (Å²) in [6.45, 7) is 2.59. The highest BCUT2D eigenvalue weighted by atomic mass is 16.6. The zero-order valence-corrected chi connectivity index (χ0v) is 6.09. The molecule has 0 saturated heterocycles. The smallest absolute Gasteiger partial charge is 0.0941 e. The van der Waals surface area contributed by atoms with Crippen LogP contribution in [-0.4, -0.2) is 19.8 Å². The minimum Gasteiger partial charge on any atom is -0.379 e. The molecule has 56 valence electrons. The minimum absolute atomic E-state index is 0.167. The summed E-state index contributed by atoms with van der Waals surface area (Å²) in [6.07, 6.45) is 2.27. The van der Waals surface area contributed by atoms with E-state index in [0.29, 0.717) is 6.61 Å². The molecule has 0 fully saturated rings. The fraction of sp³-hybridized carbons (Fsp3) is 1.00. The van der Waals surface area contributed by atoms with Crippen molar-refractivity contribution in [1.29, 1.82) is 0 Å². The van der Waals surface area contributed by atoms with Crippen LogP contribution in [0.25, 0.3) is 0 Å². The summed E-state index contributed by atoms with van der Waals surface area (Å²) < 4.78 is 5.03. The van der Waals surface area contributed by atoms with E-state index in [2.05, 4.69) is 11.8 Å². The normalized spacial score (nSPS) is 13.7. The van der Waals surface area contributed by atoms with E-state index in [-0.39, 0.29) is 6.10 Å². The van der Waals surface area contributed by atoms with Crippen LogP contribution >= 0.6 is 0 Å². The van der Waals surface area contributed by atoms with Crippen molar-refractivity contribution in [3.63, 3.8) is 0 Å². The van der Waals surface area contributed by atoms with Crippen LogP contribution in [0.3, 0.4) is 0 Å². The van der Waals surface area contributed by atoms with Gasteiger partial charge in [-0.15, -0.1) is 0 Å². The molecule has 0 amide bonds. The van der Waals surface area contributed by atoms with E-state index in [1.54, 1.807) is 7.11 Å². The molecular formula is C6H15NO2. The van der Waals surface area contributed by atoms with Crippen LogP contribution in [0.1, 0.15) is 19.8 Å². The number of ether oxygens (including phenoxy) is 1. The van der Waals surface area contributed by atoms with E-state index in [9.17, 15) is 0 Å². The number of hydrogen-bond donors (Lipinski definition) is 1. The van der Waals surface area contributed by atoms with Gasteiger partial charge in [-0.3, -0.25) is 0 Å². The Balaban J connectivity index is 3.18. The molecule has 2 N–H and O–H groups in total. The zero-order chi connectivity index (χ0) is 7.11. The van der Waals surface area contributed by atoms with Crippen LogP contribution in [0, 0.1) is 0 Å². The van der Waals surface area contributed by atoms with E-state index in [4.69, 9.17) is 10.6 Å². The summed E-state index contributed by atoms with van der Waals surface area (Å²) in [6, 6.07) is 0. The van der Waals surface area contributed by atoms with Gasteiger partial charge in [-0.25, -0.2) is 5.90 Å². The molecule has 0 saturated carbocycles. The Kier molecular flexibility index (Phi) is 5.93. The maximum absolute atomic E-state index is 5.03. The first-order chi connectivity index (χ1) is 4.35. The molecule has 0 aliphatic carbocycles. The number of methoxy groups -OCH3 is 1. The zero-order valence-electron chi connectivity index (χ0n) is 6.09. The Labute approximate surface area is 56.1 Å². The van der Waals surface area contributed by atoms with Crippen molar-refractivity contribution in [3.05, 3.63) is 0 Å². The highest BCUT2D eigenvalue weighted by Crippen LogP contribution is 1.99. The van der Waals surface area contributed by atoms with Crippen molar-refractivity contribution in [2.75, 3.05) is 13.7 Å². The highest BCUT2D eigenvalue weighted by Gasteiger charge is 2.03. The second kappa shape index (κ2) is 6.01. The lowest BCUT2D eigenvalue weighted by molar-refractivity contribution is 0.00352. The molecule has 0 rings (SSSR count). The first kappa shape index (κ1) is 8.88. The van der Waals surface area contributed by atoms with Crippen LogP contribution in [-0.2, 0) is 9.57 Å². The van der Waals surface area contributed by atoms with Gasteiger partial charge in [0.05, 0.1) is 12.7 Å². The van der Waals surface area contributed by atoms with Gasteiger partial charge in [-0.2, -0.15) is 0 Å². The van der Waals surface area contributed by atoms with Crippen LogP contribution in [0.4, 0.5) is 0 Å². The molecule has 0 aliphatic heterocycles. The molecule has 0 heterocycles. The topological polar surface area (TPSA) is 44.5 Å². The molecule has 1 unspecified atom stereocenters. The van der Waals surface area contributed by atoms with E-state index < -0.39 is 0 Å². The largest absolute Gasteiger partial charge is 0.379 e. The van der Waals surface area contributed by atoms with Crippen molar-refractivity contribution in [2.24, 2.45) is 5.90 Å². The Bertz CT molecular complexity index is 53.0. The third-order valence-electron chi connectivity index (χ3n) is 1.23. The average Bonchev–Trinajstić information content (AvgIpc) is 1.88. The van der Waals surface area contributed by atoms with Crippen LogP contribution in [0.5, 0.6) is 0 Å². The maximum atomic E-state index is 5.03. The van der Waals surface area contributed by atoms with Gasteiger partial charge < -0.3 is 9.57 Å². The molecule has 1 atom stereocenters. The summed E-state index contributed by atoms with van der Waals surface area (Å²) in [5, 5.41) is 0. The van der Waals surface area contributed by atoms with Crippen molar-refractivity contribution >= 4 is 0 Å². The summed E-state index contributed by atoms with van der Waals surface area (Å²) >= 11 is 0. The van der Waals surface area contributed by atoms with Gasteiger partial charge in [0.15, 0.2) is 0 Å². The molecule has 9 heavy (non-hydrogen) atoms. The van der Waals surface area contributed by atoms with Crippen LogP contribution in [0.2, 0.25) is 0 Å². The van der Waals surface area contributed by atoms with Crippen molar-refractivity contribution < 1.29 is 9.57 Å². The van der Waals surface area contributed by atoms with Gasteiger partial charge in [-0.1, -0.05) is 13.3 Å². The average molecular weight is 133 g/mol. The summed E-state index contributed by atoms with van der Waals surface area (Å²) in [7, 11) is 1.67. The molecule has 0 aromatic carbocycles. The van der Waals surface area contributed by atoms with Gasteiger partial charge in [0.1, 0.15) is 0 Å². The summed E-state index contributed by atoms with van der Waals surface area (Å²) in [5.74, 6) is 4.86. The molecule has 0 aliphatic rings. The number of hydrogen-bond acceptors (Lipinski definition) is 3. The minimum atomic E-state index is 0.167. The molecule has 0 radical (unpaired) electrons. The molecule has 3 nitrogen and oxygen atoms in total. The van der Waals surface area contributed by atoms with Crippen molar-refractivity contribution in [1.82, 2.24) is 0 Å². The lowest BCUT2D eigenvalue weighted by atomic mass is 10.2. The van der Waals surface area contributed by atoms with Crippen LogP contribution < -0.4 is 5.90 Å². The second-order valence-corrected chi connectivity index (χ2v) is 1.98. The third kappa shape index (κ3) is 4.39. The summed E-state index contributed by atoms with van der Waals surface area (Å²) in [4.78, 5) is 4.42. The SMILES string of the molecule is CCCC(CON)OC. The maximum Gasteiger partial charge on any atom is 0.0941 e. The predicted octanol–water partition coefficient (Wildman–Crippen LogP) is 0.692. The van der Waals surface area contributed by atoms with E-state index in [1.807, 2.05) is 0 Å². The quantitative estimate of drug-likeness (QED) is 0.561. The number of nitrogens with two attached hydrogens (primary N) is 1. The molecule has 0 bridgehead atoms. The third-order valence-corrected chi connectivity index (χ3v) is 1.23. The predicted molar refractivity (Wildman–Crippen MR) is 35.8 cm³/mol. The monoisotopic (exact) mass is 133 g/mol. The standard InChI is InChI=1S/C6H15NO2/c1-3-4-6(8-2)5-9-7/h6H,3-5,7H2,1-2H3. The van der Waals surface area contributed by atoms with Gasteiger partial charge in [0.25, 0.3) is 0 Å². The lowest BCUT2D eigenvalue weighted by Gasteiger charge is -2.11. The molecule has 0 spiro atoms. The molecule has 3 heteroatoms. The first-order valence-electron chi connectivity index (χ1n) is 3.19. The fourth-order valence-corrected chi connectivity index (χ4v) is 0.699.